The fourth-order valence-corrected chi connectivity index (χ4v) is 3.97. The molecule has 27 heavy (non-hydrogen) atoms. The minimum Gasteiger partial charge on any atom is -0.481 e. The summed E-state index contributed by atoms with van der Waals surface area (Å²) in [6.07, 6.45) is 2.57. The Morgan fingerprint density at radius 3 is 2.74 bits per heavy atom. The van der Waals surface area contributed by atoms with Gasteiger partial charge in [-0.05, 0) is 44.4 Å². The van der Waals surface area contributed by atoms with Crippen LogP contribution in [0.2, 0.25) is 0 Å². The molecule has 1 amide bonds. The molecule has 2 heterocycles. The summed E-state index contributed by atoms with van der Waals surface area (Å²) in [7, 11) is 1.60. The van der Waals surface area contributed by atoms with Crippen molar-refractivity contribution in [2.45, 2.75) is 50.7 Å². The zero-order valence-corrected chi connectivity index (χ0v) is 15.6. The summed E-state index contributed by atoms with van der Waals surface area (Å²) < 4.78 is 5.42. The maximum Gasteiger partial charge on any atom is 0.305 e. The van der Waals surface area contributed by atoms with Crippen LogP contribution in [0.15, 0.2) is 24.3 Å². The topological polar surface area (TPSA) is 79.7 Å². The normalized spacial score (nSPS) is 22.4. The third kappa shape index (κ3) is 3.54. The zero-order valence-electron chi connectivity index (χ0n) is 15.6. The third-order valence-electron chi connectivity index (χ3n) is 5.59. The Kier molecular flexibility index (Phi) is 4.60. The molecule has 2 aromatic rings. The van der Waals surface area contributed by atoms with Crippen molar-refractivity contribution in [1.29, 1.82) is 0 Å². The lowest BCUT2D eigenvalue weighted by atomic mass is 10.0. The Bertz CT molecular complexity index is 906. The van der Waals surface area contributed by atoms with E-state index < -0.39 is 5.97 Å². The molecule has 1 aliphatic heterocycles. The predicted octanol–water partition coefficient (Wildman–Crippen LogP) is 3.12. The Balaban J connectivity index is 1.76. The number of fused-ring (bicyclic) bond motifs is 1. The minimum atomic E-state index is -0.899. The largest absolute Gasteiger partial charge is 0.481 e. The molecule has 6 nitrogen and oxygen atoms in total. The van der Waals surface area contributed by atoms with Gasteiger partial charge in [-0.3, -0.25) is 14.6 Å². The molecule has 1 saturated heterocycles. The molecule has 1 aromatic carbocycles. The fourth-order valence-electron chi connectivity index (χ4n) is 3.97. The van der Waals surface area contributed by atoms with Gasteiger partial charge in [-0.1, -0.05) is 11.6 Å². The number of nitrogens with zero attached hydrogens (tertiary/aromatic N) is 2. The van der Waals surface area contributed by atoms with Crippen LogP contribution >= 0.6 is 0 Å². The van der Waals surface area contributed by atoms with Gasteiger partial charge < -0.3 is 14.7 Å². The first-order valence-electron chi connectivity index (χ1n) is 9.43. The number of ether oxygens (including phenoxy) is 1. The van der Waals surface area contributed by atoms with E-state index in [0.29, 0.717) is 24.4 Å². The Morgan fingerprint density at radius 2 is 2.07 bits per heavy atom. The van der Waals surface area contributed by atoms with Crippen molar-refractivity contribution in [3.05, 3.63) is 41.1 Å². The number of carboxylic acid groups (broad SMARTS) is 1. The second kappa shape index (κ2) is 6.93. The number of carbonyl (C=O) groups excluding carboxylic acids is 1. The highest BCUT2D eigenvalue weighted by atomic mass is 16.5. The summed E-state index contributed by atoms with van der Waals surface area (Å²) in [5.74, 6) is -0.591. The molecule has 0 spiro atoms. The van der Waals surface area contributed by atoms with Gasteiger partial charge in [-0.2, -0.15) is 0 Å². The first kappa shape index (κ1) is 17.9. The average Bonchev–Trinajstić information content (AvgIpc) is 3.41. The van der Waals surface area contributed by atoms with Gasteiger partial charge in [0.25, 0.3) is 5.91 Å². The van der Waals surface area contributed by atoms with Crippen LogP contribution in [0, 0.1) is 6.92 Å². The third-order valence-corrected chi connectivity index (χ3v) is 5.59. The molecule has 1 saturated carbocycles. The van der Waals surface area contributed by atoms with Gasteiger partial charge in [0.1, 0.15) is 0 Å². The van der Waals surface area contributed by atoms with Crippen LogP contribution in [-0.4, -0.2) is 52.7 Å². The van der Waals surface area contributed by atoms with E-state index in [1.807, 2.05) is 31.2 Å². The number of hydrogen-bond acceptors (Lipinski definition) is 4. The molecule has 0 radical (unpaired) electrons. The van der Waals surface area contributed by atoms with Crippen LogP contribution in [0.25, 0.3) is 10.9 Å². The number of aliphatic carboxylic acids is 1. The summed E-state index contributed by atoms with van der Waals surface area (Å²) in [5, 5.41) is 10.1. The maximum absolute atomic E-state index is 13.5. The lowest BCUT2D eigenvalue weighted by Crippen LogP contribution is -2.37. The van der Waals surface area contributed by atoms with Gasteiger partial charge in [0.2, 0.25) is 0 Å². The van der Waals surface area contributed by atoms with Crippen LogP contribution in [0.4, 0.5) is 0 Å². The van der Waals surface area contributed by atoms with E-state index in [1.165, 1.54) is 0 Å². The molecule has 2 aliphatic rings. The summed E-state index contributed by atoms with van der Waals surface area (Å²) >= 11 is 0. The molecule has 1 N–H and O–H groups in total. The zero-order chi connectivity index (χ0) is 19.1. The van der Waals surface area contributed by atoms with E-state index in [-0.39, 0.29) is 24.5 Å². The van der Waals surface area contributed by atoms with E-state index in [0.717, 1.165) is 35.0 Å². The second-order valence-electron chi connectivity index (χ2n) is 7.69. The van der Waals surface area contributed by atoms with Crippen LogP contribution in [0.3, 0.4) is 0 Å². The van der Waals surface area contributed by atoms with Gasteiger partial charge in [-0.25, -0.2) is 0 Å². The Hall–Kier alpha value is -2.47. The van der Waals surface area contributed by atoms with Gasteiger partial charge in [-0.15, -0.1) is 0 Å². The number of rotatable bonds is 5. The Morgan fingerprint density at radius 1 is 1.30 bits per heavy atom. The highest BCUT2D eigenvalue weighted by molar-refractivity contribution is 6.06. The lowest BCUT2D eigenvalue weighted by molar-refractivity contribution is -0.137. The van der Waals surface area contributed by atoms with Crippen molar-refractivity contribution in [2.75, 3.05) is 13.7 Å². The van der Waals surface area contributed by atoms with Crippen LogP contribution in [-0.2, 0) is 9.53 Å². The number of pyridine rings is 1. The van der Waals surface area contributed by atoms with Crippen molar-refractivity contribution in [2.24, 2.45) is 0 Å². The highest BCUT2D eigenvalue weighted by Gasteiger charge is 2.38. The lowest BCUT2D eigenvalue weighted by Gasteiger charge is -2.24. The fraction of sp³-hybridized carbons (Fsp3) is 0.476. The molecule has 4 rings (SSSR count). The summed E-state index contributed by atoms with van der Waals surface area (Å²) in [6.45, 7) is 2.41. The second-order valence-corrected chi connectivity index (χ2v) is 7.69. The van der Waals surface area contributed by atoms with Gasteiger partial charge >= 0.3 is 5.97 Å². The number of carboxylic acids is 1. The van der Waals surface area contributed by atoms with E-state index in [9.17, 15) is 14.7 Å². The van der Waals surface area contributed by atoms with Crippen molar-refractivity contribution < 1.29 is 19.4 Å². The monoisotopic (exact) mass is 368 g/mol. The number of amides is 1. The van der Waals surface area contributed by atoms with Gasteiger partial charge in [0, 0.05) is 36.7 Å². The molecule has 2 fully saturated rings. The van der Waals surface area contributed by atoms with Crippen LogP contribution < -0.4 is 0 Å². The van der Waals surface area contributed by atoms with Crippen LogP contribution in [0.1, 0.15) is 53.2 Å². The van der Waals surface area contributed by atoms with Crippen molar-refractivity contribution >= 4 is 22.8 Å². The van der Waals surface area contributed by atoms with Crippen molar-refractivity contribution in [3.63, 3.8) is 0 Å². The standard InChI is InChI=1S/C21H24N2O4/c1-12-3-6-18-16(7-12)17(10-19(22-18)13-4-5-13)21(26)23-11-15(27-2)8-14(23)9-20(24)25/h3,6-7,10,13-15H,4-5,8-9,11H2,1-2H3,(H,24,25). The molecule has 2 unspecified atom stereocenters. The minimum absolute atomic E-state index is 0.0663. The highest BCUT2D eigenvalue weighted by Crippen LogP contribution is 2.40. The number of aryl methyl sites for hydroxylation is 1. The number of likely N-dealkylation sites (tertiary alicyclic amines) is 1. The SMILES string of the molecule is COC1CC(CC(=O)O)N(C(=O)c2cc(C3CC3)nc3ccc(C)cc23)C1. The molecule has 1 aliphatic carbocycles. The van der Waals surface area contributed by atoms with Crippen molar-refractivity contribution in [1.82, 2.24) is 9.88 Å². The van der Waals surface area contributed by atoms with Gasteiger partial charge in [0.15, 0.2) is 0 Å². The average molecular weight is 368 g/mol. The molecular formula is C21H24N2O4. The predicted molar refractivity (Wildman–Crippen MR) is 101 cm³/mol. The van der Waals surface area contributed by atoms with E-state index >= 15 is 0 Å². The quantitative estimate of drug-likeness (QED) is 0.877. The molecule has 1 aromatic heterocycles. The number of benzene rings is 1. The smallest absolute Gasteiger partial charge is 0.305 e. The van der Waals surface area contributed by atoms with E-state index in [4.69, 9.17) is 9.72 Å². The number of hydrogen-bond donors (Lipinski definition) is 1. The summed E-state index contributed by atoms with van der Waals surface area (Å²) in [5.41, 5.74) is 3.48. The summed E-state index contributed by atoms with van der Waals surface area (Å²) in [6, 6.07) is 7.52. The van der Waals surface area contributed by atoms with Crippen molar-refractivity contribution in [3.8, 4) is 0 Å². The molecule has 0 bridgehead atoms. The molecular weight excluding hydrogens is 344 g/mol. The number of carbonyl (C=O) groups is 2. The first-order chi connectivity index (χ1) is 13.0. The van der Waals surface area contributed by atoms with Gasteiger partial charge in [0.05, 0.1) is 23.6 Å². The van der Waals surface area contributed by atoms with Crippen LogP contribution in [0.5, 0.6) is 0 Å². The number of methoxy groups -OCH3 is 1. The number of aromatic nitrogens is 1. The first-order valence-corrected chi connectivity index (χ1v) is 9.43. The molecule has 142 valence electrons. The maximum atomic E-state index is 13.5. The molecule has 6 heteroatoms. The van der Waals surface area contributed by atoms with E-state index in [1.54, 1.807) is 12.0 Å². The summed E-state index contributed by atoms with van der Waals surface area (Å²) in [4.78, 5) is 31.2. The molecule has 2 atom stereocenters. The Labute approximate surface area is 158 Å². The van der Waals surface area contributed by atoms with E-state index in [2.05, 4.69) is 0 Å².